The van der Waals surface area contributed by atoms with Crippen LogP contribution in [0.15, 0.2) is 59.5 Å². The molecule has 0 spiro atoms. The maximum atomic E-state index is 13.5. The van der Waals surface area contributed by atoms with E-state index in [1.165, 1.54) is 12.4 Å². The van der Waals surface area contributed by atoms with E-state index in [-0.39, 0.29) is 17.5 Å². The Labute approximate surface area is 199 Å². The van der Waals surface area contributed by atoms with Gasteiger partial charge in [-0.3, -0.25) is 9.78 Å². The van der Waals surface area contributed by atoms with Crippen molar-refractivity contribution in [1.29, 1.82) is 0 Å². The molecule has 0 saturated heterocycles. The highest BCUT2D eigenvalue weighted by molar-refractivity contribution is 6.35. The number of rotatable bonds is 5. The fraction of sp³-hybridized carbons (Fsp3) is 0.125. The summed E-state index contributed by atoms with van der Waals surface area (Å²) in [5, 5.41) is 5.85. The Morgan fingerprint density at radius 2 is 1.94 bits per heavy atom. The van der Waals surface area contributed by atoms with Gasteiger partial charge in [0.1, 0.15) is 5.69 Å². The Morgan fingerprint density at radius 3 is 2.70 bits per heavy atom. The van der Waals surface area contributed by atoms with Crippen LogP contribution in [0.3, 0.4) is 0 Å². The van der Waals surface area contributed by atoms with Crippen LogP contribution < -0.4 is 0 Å². The molecule has 5 aromatic rings. The third kappa shape index (κ3) is 3.90. The molecular weight excluding hydrogens is 461 g/mol. The van der Waals surface area contributed by atoms with Crippen LogP contribution in [0.25, 0.3) is 22.4 Å². The van der Waals surface area contributed by atoms with Crippen molar-refractivity contribution in [1.82, 2.24) is 24.7 Å². The van der Waals surface area contributed by atoms with Gasteiger partial charge in [-0.25, -0.2) is 4.98 Å². The van der Waals surface area contributed by atoms with E-state index >= 15 is 0 Å². The molecule has 0 aliphatic heterocycles. The maximum Gasteiger partial charge on any atom is 0.299 e. The summed E-state index contributed by atoms with van der Waals surface area (Å²) in [5.74, 6) is -0.257. The minimum atomic E-state index is -0.355. The highest BCUT2D eigenvalue weighted by Crippen LogP contribution is 2.31. The molecule has 0 atom stereocenters. The summed E-state index contributed by atoms with van der Waals surface area (Å²) in [7, 11) is 0. The van der Waals surface area contributed by atoms with Crippen molar-refractivity contribution in [3.63, 3.8) is 0 Å². The van der Waals surface area contributed by atoms with Crippen LogP contribution in [0.4, 0.5) is 0 Å². The zero-order valence-corrected chi connectivity index (χ0v) is 19.2. The monoisotopic (exact) mass is 477 g/mol. The number of aryl methyl sites for hydroxylation is 1. The van der Waals surface area contributed by atoms with Gasteiger partial charge in [0.25, 0.3) is 11.7 Å². The van der Waals surface area contributed by atoms with Crippen molar-refractivity contribution in [3.8, 4) is 11.5 Å². The van der Waals surface area contributed by atoms with E-state index in [1.807, 2.05) is 38.1 Å². The lowest BCUT2D eigenvalue weighted by Crippen LogP contribution is -2.07. The Hall–Kier alpha value is -3.55. The summed E-state index contributed by atoms with van der Waals surface area (Å²) in [6.07, 6.45) is 4.58. The van der Waals surface area contributed by atoms with Gasteiger partial charge >= 0.3 is 0 Å². The molecule has 0 N–H and O–H groups in total. The van der Waals surface area contributed by atoms with E-state index in [4.69, 9.17) is 27.7 Å². The van der Waals surface area contributed by atoms with Gasteiger partial charge < -0.3 is 9.09 Å². The zero-order chi connectivity index (χ0) is 23.1. The fourth-order valence-electron chi connectivity index (χ4n) is 3.85. The van der Waals surface area contributed by atoms with Crippen molar-refractivity contribution < 1.29 is 9.32 Å². The minimum absolute atomic E-state index is 0.108. The van der Waals surface area contributed by atoms with Crippen LogP contribution in [-0.2, 0) is 6.54 Å². The number of hydrogen-bond donors (Lipinski definition) is 0. The number of halogens is 2. The quantitative estimate of drug-likeness (QED) is 0.302. The van der Waals surface area contributed by atoms with Gasteiger partial charge in [0.05, 0.1) is 11.8 Å². The topological polar surface area (TPSA) is 86.7 Å². The molecule has 5 rings (SSSR count). The van der Waals surface area contributed by atoms with Gasteiger partial charge in [0.2, 0.25) is 5.82 Å². The first-order valence-corrected chi connectivity index (χ1v) is 10.9. The van der Waals surface area contributed by atoms with Crippen LogP contribution in [-0.4, -0.2) is 30.5 Å². The predicted molar refractivity (Wildman–Crippen MR) is 126 cm³/mol. The molecule has 0 bridgehead atoms. The summed E-state index contributed by atoms with van der Waals surface area (Å²) < 4.78 is 7.36. The Balaban J connectivity index is 1.61. The molecule has 0 aliphatic carbocycles. The maximum absolute atomic E-state index is 13.5. The first-order chi connectivity index (χ1) is 15.9. The smallest absolute Gasteiger partial charge is 0.299 e. The van der Waals surface area contributed by atoms with Crippen molar-refractivity contribution >= 4 is 39.9 Å². The number of nitrogens with zero attached hydrogens (tertiary/aromatic N) is 5. The average Bonchev–Trinajstić information content (AvgIpc) is 3.39. The number of benzene rings is 2. The summed E-state index contributed by atoms with van der Waals surface area (Å²) in [6.45, 7) is 4.35. The van der Waals surface area contributed by atoms with E-state index < -0.39 is 0 Å². The second-order valence-corrected chi connectivity index (χ2v) is 8.49. The molecule has 3 heterocycles. The molecule has 164 valence electrons. The first kappa shape index (κ1) is 21.3. The van der Waals surface area contributed by atoms with E-state index in [0.29, 0.717) is 27.8 Å². The number of carbonyl (C=O) groups excluding carboxylic acids is 1. The van der Waals surface area contributed by atoms with Crippen LogP contribution in [0.2, 0.25) is 10.0 Å². The van der Waals surface area contributed by atoms with Crippen LogP contribution >= 0.6 is 23.2 Å². The van der Waals surface area contributed by atoms with E-state index in [9.17, 15) is 4.79 Å². The number of fused-ring (bicyclic) bond motifs is 1. The van der Waals surface area contributed by atoms with Gasteiger partial charge in [-0.15, -0.1) is 0 Å². The molecule has 7 nitrogen and oxygen atoms in total. The van der Waals surface area contributed by atoms with Crippen LogP contribution in [0.1, 0.15) is 33.1 Å². The third-order valence-corrected chi connectivity index (χ3v) is 6.05. The predicted octanol–water partition coefficient (Wildman–Crippen LogP) is 5.68. The molecule has 0 radical (unpaired) electrons. The number of aromatic nitrogens is 5. The highest BCUT2D eigenvalue weighted by atomic mass is 35.5. The van der Waals surface area contributed by atoms with Gasteiger partial charge in [-0.1, -0.05) is 46.1 Å². The molecule has 0 unspecified atom stereocenters. The van der Waals surface area contributed by atoms with Crippen molar-refractivity contribution in [3.05, 3.63) is 93.3 Å². The molecule has 0 saturated carbocycles. The zero-order valence-electron chi connectivity index (χ0n) is 17.7. The molecule has 9 heteroatoms. The molecule has 3 aromatic heterocycles. The Morgan fingerprint density at radius 1 is 1.09 bits per heavy atom. The number of ketones is 1. The van der Waals surface area contributed by atoms with E-state index in [1.54, 1.807) is 18.3 Å². The standard InChI is InChI=1S/C24H17Cl2N5O2/c1-13-3-6-20-17(9-13)21(14(2)31(20)12-15-4-5-16(25)10-18(15)26)22(32)24-29-23(30-33-24)19-11-27-7-8-28-19/h3-11H,12H2,1-2H3. The minimum Gasteiger partial charge on any atom is -0.340 e. The van der Waals surface area contributed by atoms with E-state index in [0.717, 1.165) is 27.7 Å². The van der Waals surface area contributed by atoms with Crippen molar-refractivity contribution in [2.75, 3.05) is 0 Å². The van der Waals surface area contributed by atoms with E-state index in [2.05, 4.69) is 24.7 Å². The molecule has 0 fully saturated rings. The average molecular weight is 478 g/mol. The highest BCUT2D eigenvalue weighted by Gasteiger charge is 2.26. The molecule has 0 aliphatic rings. The normalized spacial score (nSPS) is 11.3. The van der Waals surface area contributed by atoms with Gasteiger partial charge in [0.15, 0.2) is 0 Å². The van der Waals surface area contributed by atoms with Crippen molar-refractivity contribution in [2.24, 2.45) is 0 Å². The molecular formula is C24H17Cl2N5O2. The summed E-state index contributed by atoms with van der Waals surface area (Å²) >= 11 is 12.5. The second kappa shape index (κ2) is 8.42. The number of hydrogen-bond acceptors (Lipinski definition) is 6. The molecule has 0 amide bonds. The van der Waals surface area contributed by atoms with Crippen LogP contribution in [0.5, 0.6) is 0 Å². The van der Waals surface area contributed by atoms with Crippen molar-refractivity contribution in [2.45, 2.75) is 20.4 Å². The lowest BCUT2D eigenvalue weighted by Gasteiger charge is -2.11. The van der Waals surface area contributed by atoms with Gasteiger partial charge in [0, 0.05) is 45.6 Å². The summed E-state index contributed by atoms with van der Waals surface area (Å²) in [4.78, 5) is 26.0. The fourth-order valence-corrected chi connectivity index (χ4v) is 4.32. The largest absolute Gasteiger partial charge is 0.340 e. The van der Waals surface area contributed by atoms with Crippen LogP contribution in [0, 0.1) is 13.8 Å². The lowest BCUT2D eigenvalue weighted by molar-refractivity contribution is 0.0994. The molecule has 33 heavy (non-hydrogen) atoms. The Bertz CT molecular complexity index is 1510. The molecule has 2 aromatic carbocycles. The first-order valence-electron chi connectivity index (χ1n) is 10.1. The lowest BCUT2D eigenvalue weighted by atomic mass is 10.0. The SMILES string of the molecule is Cc1ccc2c(c1)c(C(=O)c1nc(-c3cnccn3)no1)c(C)n2Cc1ccc(Cl)cc1Cl. The summed E-state index contributed by atoms with van der Waals surface area (Å²) in [5.41, 5.74) is 4.53. The second-order valence-electron chi connectivity index (χ2n) is 7.65. The van der Waals surface area contributed by atoms with Gasteiger partial charge in [-0.05, 0) is 43.7 Å². The summed E-state index contributed by atoms with van der Waals surface area (Å²) in [6, 6.07) is 11.4. The number of carbonyl (C=O) groups is 1. The third-order valence-electron chi connectivity index (χ3n) is 5.46. The Kier molecular flexibility index (Phi) is 5.44. The van der Waals surface area contributed by atoms with Gasteiger partial charge in [-0.2, -0.15) is 4.98 Å².